The maximum absolute atomic E-state index is 14.5. The Bertz CT molecular complexity index is 2800. The molecule has 5 aromatic carbocycles. The Balaban J connectivity index is 1.00. The molecule has 2 aliphatic heterocycles. The number of hydrogen-bond donors (Lipinski definition) is 3. The fraction of sp³-hybridized carbons (Fsp3) is 0.380. The Morgan fingerprint density at radius 3 is 1.87 bits per heavy atom. The Hall–Kier alpha value is -6.11. The number of ether oxygens (including phenoxy) is 2. The van der Waals surface area contributed by atoms with Gasteiger partial charge in [-0.1, -0.05) is 94.4 Å². The minimum atomic E-state index is -0.883. The standard InChI is InChI=1S/C50H55N7O5/c1-28(2)30(4)49(59)56-24-29(3)20-41(56)47-51-39-18-14-35-22-33(12-16-37(35)45(39)54-47)34-13-17-38-36(23-34)15-19-40-46(38)55-48(52-40)42-21-31(26-61-5)25-57(42)50(60)44(53-43(58)27-62-6)32-10-8-7-9-11-32/h7-19,22-23,28-31,41-42,44H,20-21,24-27H2,1-6H3,(H,51,54)(H,52,55)(H,53,58)/t29-,30?,31-,41-,42-,44+/m0/s1. The summed E-state index contributed by atoms with van der Waals surface area (Å²) >= 11 is 0. The van der Waals surface area contributed by atoms with Crippen LogP contribution in [0.2, 0.25) is 0 Å². The summed E-state index contributed by atoms with van der Waals surface area (Å²) in [4.78, 5) is 62.1. The Morgan fingerprint density at radius 1 is 0.726 bits per heavy atom. The number of benzene rings is 5. The van der Waals surface area contributed by atoms with Crippen molar-refractivity contribution in [2.45, 2.75) is 58.7 Å². The molecule has 7 aromatic rings. The predicted octanol–water partition coefficient (Wildman–Crippen LogP) is 8.65. The number of nitrogens with one attached hydrogen (secondary N) is 3. The highest BCUT2D eigenvalue weighted by molar-refractivity contribution is 6.07. The van der Waals surface area contributed by atoms with Crippen LogP contribution in [0, 0.1) is 23.7 Å². The highest BCUT2D eigenvalue weighted by Crippen LogP contribution is 2.40. The lowest BCUT2D eigenvalue weighted by Gasteiger charge is -2.28. The van der Waals surface area contributed by atoms with Crippen molar-refractivity contribution in [2.75, 3.05) is 40.5 Å². The number of amides is 3. The molecule has 0 aliphatic carbocycles. The van der Waals surface area contributed by atoms with Crippen molar-refractivity contribution < 1.29 is 23.9 Å². The first-order chi connectivity index (χ1) is 30.0. The largest absolute Gasteiger partial charge is 0.384 e. The van der Waals surface area contributed by atoms with Gasteiger partial charge in [0.2, 0.25) is 17.7 Å². The molecule has 0 bridgehead atoms. The second-order valence-electron chi connectivity index (χ2n) is 17.8. The van der Waals surface area contributed by atoms with Crippen molar-refractivity contribution >= 4 is 61.3 Å². The fourth-order valence-corrected chi connectivity index (χ4v) is 9.63. The molecule has 320 valence electrons. The minimum absolute atomic E-state index is 0.0401. The number of carbonyl (C=O) groups excluding carboxylic acids is 3. The number of aromatic amines is 2. The Morgan fingerprint density at radius 2 is 1.31 bits per heavy atom. The van der Waals surface area contributed by atoms with Crippen molar-refractivity contribution in [1.82, 2.24) is 35.1 Å². The van der Waals surface area contributed by atoms with Gasteiger partial charge in [0.1, 0.15) is 24.3 Å². The number of methoxy groups -OCH3 is 2. The monoisotopic (exact) mass is 833 g/mol. The van der Waals surface area contributed by atoms with Crippen LogP contribution in [-0.4, -0.2) is 88.0 Å². The quantitative estimate of drug-likeness (QED) is 0.112. The molecule has 2 saturated heterocycles. The van der Waals surface area contributed by atoms with Gasteiger partial charge in [0.25, 0.3) is 0 Å². The SMILES string of the molecule is COCC(=O)N[C@@H](C(=O)N1C[C@@H](COC)C[C@H]1c1nc2c(ccc3cc(-c4ccc5c(ccc6[nH]c([C@@H]7C[C@H](C)CN7C(=O)C(C)C(C)C)nc65)c4)ccc32)[nH]1)c1ccccc1. The van der Waals surface area contributed by atoms with Crippen LogP contribution in [0.4, 0.5) is 0 Å². The lowest BCUT2D eigenvalue weighted by atomic mass is 9.96. The number of likely N-dealkylation sites (tertiary alicyclic amines) is 2. The highest BCUT2D eigenvalue weighted by Gasteiger charge is 2.42. The first-order valence-corrected chi connectivity index (χ1v) is 21.8. The molecular weight excluding hydrogens is 779 g/mol. The molecule has 6 atom stereocenters. The maximum Gasteiger partial charge on any atom is 0.250 e. The van der Waals surface area contributed by atoms with Gasteiger partial charge in [0, 0.05) is 49.9 Å². The van der Waals surface area contributed by atoms with E-state index in [0.717, 1.165) is 73.5 Å². The average molecular weight is 834 g/mol. The number of aromatic nitrogens is 4. The van der Waals surface area contributed by atoms with Crippen molar-refractivity contribution in [3.63, 3.8) is 0 Å². The molecule has 1 unspecified atom stereocenters. The van der Waals surface area contributed by atoms with E-state index in [1.165, 1.54) is 7.11 Å². The van der Waals surface area contributed by atoms with E-state index in [1.54, 1.807) is 7.11 Å². The van der Waals surface area contributed by atoms with E-state index in [-0.39, 0.29) is 54.2 Å². The van der Waals surface area contributed by atoms with Gasteiger partial charge in [-0.05, 0) is 76.4 Å². The van der Waals surface area contributed by atoms with Gasteiger partial charge < -0.3 is 34.6 Å². The molecule has 12 nitrogen and oxygen atoms in total. The summed E-state index contributed by atoms with van der Waals surface area (Å²) in [7, 11) is 3.13. The summed E-state index contributed by atoms with van der Waals surface area (Å²) < 4.78 is 10.6. The number of hydrogen-bond acceptors (Lipinski definition) is 7. The third-order valence-electron chi connectivity index (χ3n) is 13.2. The molecule has 0 saturated carbocycles. The zero-order chi connectivity index (χ0) is 43.2. The lowest BCUT2D eigenvalue weighted by molar-refractivity contribution is -0.138. The summed E-state index contributed by atoms with van der Waals surface area (Å²) in [6.07, 6.45) is 1.56. The molecular formula is C50H55N7O5. The lowest BCUT2D eigenvalue weighted by Crippen LogP contribution is -2.44. The van der Waals surface area contributed by atoms with E-state index in [9.17, 15) is 14.4 Å². The number of imidazole rings is 2. The van der Waals surface area contributed by atoms with Crippen LogP contribution in [0.5, 0.6) is 0 Å². The molecule has 0 spiro atoms. The second-order valence-corrected chi connectivity index (χ2v) is 17.8. The van der Waals surface area contributed by atoms with Gasteiger partial charge in [0.15, 0.2) is 0 Å². The van der Waals surface area contributed by atoms with Crippen LogP contribution in [0.25, 0.3) is 54.7 Å². The molecule has 62 heavy (non-hydrogen) atoms. The topological polar surface area (TPSA) is 146 Å². The summed E-state index contributed by atoms with van der Waals surface area (Å²) in [5.41, 5.74) is 6.50. The van der Waals surface area contributed by atoms with Crippen molar-refractivity contribution in [3.05, 3.63) is 108 Å². The number of H-pyrrole nitrogens is 2. The summed E-state index contributed by atoms with van der Waals surface area (Å²) in [5.74, 6) is 1.93. The van der Waals surface area contributed by atoms with Gasteiger partial charge in [0.05, 0.1) is 40.8 Å². The predicted molar refractivity (Wildman–Crippen MR) is 242 cm³/mol. The van der Waals surface area contributed by atoms with Gasteiger partial charge in [-0.2, -0.15) is 0 Å². The molecule has 12 heteroatoms. The number of fused-ring (bicyclic) bond motifs is 6. The Labute approximate surface area is 361 Å². The molecule has 3 N–H and O–H groups in total. The van der Waals surface area contributed by atoms with Crippen molar-refractivity contribution in [3.8, 4) is 11.1 Å². The molecule has 2 aliphatic rings. The maximum atomic E-state index is 14.5. The zero-order valence-electron chi connectivity index (χ0n) is 36.3. The fourth-order valence-electron chi connectivity index (χ4n) is 9.63. The first-order valence-electron chi connectivity index (χ1n) is 21.8. The van der Waals surface area contributed by atoms with E-state index in [1.807, 2.05) is 47.1 Å². The summed E-state index contributed by atoms with van der Waals surface area (Å²) in [5, 5.41) is 7.13. The normalized spacial score (nSPS) is 20.2. The third kappa shape index (κ3) is 7.70. The van der Waals surface area contributed by atoms with Crippen molar-refractivity contribution in [2.24, 2.45) is 23.7 Å². The van der Waals surface area contributed by atoms with E-state index in [4.69, 9.17) is 19.4 Å². The highest BCUT2D eigenvalue weighted by atomic mass is 16.5. The molecule has 2 aromatic heterocycles. The molecule has 2 fully saturated rings. The number of rotatable bonds is 12. The molecule has 9 rings (SSSR count). The van der Waals surface area contributed by atoms with Crippen LogP contribution >= 0.6 is 0 Å². The molecule has 0 radical (unpaired) electrons. The zero-order valence-corrected chi connectivity index (χ0v) is 36.3. The van der Waals surface area contributed by atoms with Crippen LogP contribution < -0.4 is 5.32 Å². The van der Waals surface area contributed by atoms with Gasteiger partial charge in [-0.15, -0.1) is 0 Å². The summed E-state index contributed by atoms with van der Waals surface area (Å²) in [6, 6.07) is 29.4. The van der Waals surface area contributed by atoms with E-state index < -0.39 is 6.04 Å². The summed E-state index contributed by atoms with van der Waals surface area (Å²) in [6.45, 7) is 10.0. The van der Waals surface area contributed by atoms with E-state index in [0.29, 0.717) is 36.9 Å². The van der Waals surface area contributed by atoms with Gasteiger partial charge in [-0.25, -0.2) is 9.97 Å². The van der Waals surface area contributed by atoms with E-state index >= 15 is 0 Å². The van der Waals surface area contributed by atoms with Crippen LogP contribution in [0.15, 0.2) is 91.0 Å². The molecule has 3 amide bonds. The smallest absolute Gasteiger partial charge is 0.250 e. The van der Waals surface area contributed by atoms with Gasteiger partial charge in [-0.3, -0.25) is 14.4 Å². The van der Waals surface area contributed by atoms with Crippen LogP contribution in [0.1, 0.15) is 75.9 Å². The Kier molecular flexibility index (Phi) is 11.3. The second kappa shape index (κ2) is 17.0. The average Bonchev–Trinajstić information content (AvgIpc) is 4.09. The van der Waals surface area contributed by atoms with Gasteiger partial charge >= 0.3 is 0 Å². The number of nitrogens with zero attached hydrogens (tertiary/aromatic N) is 4. The van der Waals surface area contributed by atoms with Crippen LogP contribution in [-0.2, 0) is 23.9 Å². The third-order valence-corrected chi connectivity index (χ3v) is 13.2. The van der Waals surface area contributed by atoms with E-state index in [2.05, 4.69) is 96.7 Å². The first kappa shape index (κ1) is 41.3. The minimum Gasteiger partial charge on any atom is -0.384 e. The number of carbonyl (C=O) groups is 3. The molecule has 4 heterocycles. The van der Waals surface area contributed by atoms with Crippen LogP contribution in [0.3, 0.4) is 0 Å². The van der Waals surface area contributed by atoms with Crippen molar-refractivity contribution in [1.29, 1.82) is 0 Å².